The molecule has 0 radical (unpaired) electrons. The van der Waals surface area contributed by atoms with E-state index in [1.807, 2.05) is 14.0 Å². The standard InChI is InChI=1S/C13H22N4O/c1-13(9-14,15-2)5-7-17-6-3-4-10-11(17)8-16-12(10)18/h10-11,15H,3-8H2,1-2H3,(H,16,18). The van der Waals surface area contributed by atoms with Gasteiger partial charge >= 0.3 is 0 Å². The number of carbonyl (C=O) groups is 1. The number of piperidine rings is 1. The molecule has 5 nitrogen and oxygen atoms in total. The van der Waals surface area contributed by atoms with E-state index in [2.05, 4.69) is 21.6 Å². The SMILES string of the molecule is CNC(C)(C#N)CCN1CCCC2C(=O)NCC21. The number of likely N-dealkylation sites (tertiary alicyclic amines) is 1. The van der Waals surface area contributed by atoms with E-state index in [1.165, 1.54) is 0 Å². The molecular weight excluding hydrogens is 228 g/mol. The maximum Gasteiger partial charge on any atom is 0.224 e. The van der Waals surface area contributed by atoms with Gasteiger partial charge < -0.3 is 10.6 Å². The van der Waals surface area contributed by atoms with Gasteiger partial charge in [-0.3, -0.25) is 9.69 Å². The molecule has 2 N–H and O–H groups in total. The average Bonchev–Trinajstić information content (AvgIpc) is 2.78. The molecule has 0 aliphatic carbocycles. The number of rotatable bonds is 4. The fourth-order valence-electron chi connectivity index (χ4n) is 2.92. The lowest BCUT2D eigenvalue weighted by molar-refractivity contribution is -0.124. The summed E-state index contributed by atoms with van der Waals surface area (Å²) >= 11 is 0. The Kier molecular flexibility index (Phi) is 3.88. The Morgan fingerprint density at radius 2 is 2.44 bits per heavy atom. The molecule has 2 aliphatic heterocycles. The van der Waals surface area contributed by atoms with Crippen molar-refractivity contribution in [2.75, 3.05) is 26.7 Å². The van der Waals surface area contributed by atoms with E-state index in [0.29, 0.717) is 6.04 Å². The fourth-order valence-corrected chi connectivity index (χ4v) is 2.92. The summed E-state index contributed by atoms with van der Waals surface area (Å²) in [5.74, 6) is 0.378. The number of nitrogens with one attached hydrogen (secondary N) is 2. The predicted octanol–water partition coefficient (Wildman–Crippen LogP) is 0.0886. The predicted molar refractivity (Wildman–Crippen MR) is 68.8 cm³/mol. The summed E-state index contributed by atoms with van der Waals surface area (Å²) in [7, 11) is 1.82. The summed E-state index contributed by atoms with van der Waals surface area (Å²) in [5, 5.41) is 15.2. The third-order valence-corrected chi connectivity index (χ3v) is 4.41. The van der Waals surface area contributed by atoms with Gasteiger partial charge in [0, 0.05) is 19.1 Å². The van der Waals surface area contributed by atoms with Crippen molar-refractivity contribution in [1.82, 2.24) is 15.5 Å². The highest BCUT2D eigenvalue weighted by molar-refractivity contribution is 5.82. The zero-order chi connectivity index (χ0) is 13.2. The molecule has 3 atom stereocenters. The van der Waals surface area contributed by atoms with Crippen LogP contribution in [0.2, 0.25) is 0 Å². The second-order valence-electron chi connectivity index (χ2n) is 5.54. The van der Waals surface area contributed by atoms with E-state index in [4.69, 9.17) is 5.26 Å². The van der Waals surface area contributed by atoms with E-state index < -0.39 is 5.54 Å². The first-order valence-corrected chi connectivity index (χ1v) is 6.71. The van der Waals surface area contributed by atoms with Crippen LogP contribution in [0.15, 0.2) is 0 Å². The molecule has 0 bridgehead atoms. The number of carbonyl (C=O) groups excluding carboxylic acids is 1. The third kappa shape index (κ3) is 2.50. The Labute approximate surface area is 109 Å². The van der Waals surface area contributed by atoms with Gasteiger partial charge in [-0.15, -0.1) is 0 Å². The van der Waals surface area contributed by atoms with Crippen molar-refractivity contribution in [2.24, 2.45) is 5.92 Å². The second kappa shape index (κ2) is 5.25. The van der Waals surface area contributed by atoms with Crippen LogP contribution in [0.3, 0.4) is 0 Å². The van der Waals surface area contributed by atoms with E-state index in [0.717, 1.165) is 38.9 Å². The first kappa shape index (κ1) is 13.3. The number of hydrogen-bond donors (Lipinski definition) is 2. The minimum Gasteiger partial charge on any atom is -0.354 e. The van der Waals surface area contributed by atoms with Crippen molar-refractivity contribution >= 4 is 5.91 Å². The number of nitrogens with zero attached hydrogens (tertiary/aromatic N) is 2. The minimum atomic E-state index is -0.469. The first-order chi connectivity index (χ1) is 8.59. The maximum atomic E-state index is 11.7. The highest BCUT2D eigenvalue weighted by Crippen LogP contribution is 2.27. The topological polar surface area (TPSA) is 68.2 Å². The van der Waals surface area contributed by atoms with Crippen LogP contribution in [0, 0.1) is 17.2 Å². The maximum absolute atomic E-state index is 11.7. The van der Waals surface area contributed by atoms with Gasteiger partial charge in [-0.25, -0.2) is 0 Å². The van der Waals surface area contributed by atoms with Crippen LogP contribution in [0.4, 0.5) is 0 Å². The molecule has 5 heteroatoms. The minimum absolute atomic E-state index is 0.168. The number of amides is 1. The molecule has 2 rings (SSSR count). The van der Waals surface area contributed by atoms with Gasteiger partial charge in [0.1, 0.15) is 5.54 Å². The monoisotopic (exact) mass is 250 g/mol. The van der Waals surface area contributed by atoms with Crippen LogP contribution in [0.1, 0.15) is 26.2 Å². The van der Waals surface area contributed by atoms with E-state index in [9.17, 15) is 4.79 Å². The normalized spacial score (nSPS) is 31.3. The van der Waals surface area contributed by atoms with E-state index in [1.54, 1.807) is 0 Å². The number of hydrogen-bond acceptors (Lipinski definition) is 4. The highest BCUT2D eigenvalue weighted by Gasteiger charge is 2.40. The molecule has 100 valence electrons. The van der Waals surface area contributed by atoms with E-state index in [-0.39, 0.29) is 11.8 Å². The van der Waals surface area contributed by atoms with Gasteiger partial charge in [0.2, 0.25) is 5.91 Å². The molecular formula is C13H22N4O. The zero-order valence-electron chi connectivity index (χ0n) is 11.2. The number of fused-ring (bicyclic) bond motifs is 1. The molecule has 2 aliphatic rings. The van der Waals surface area contributed by atoms with Gasteiger partial charge in [-0.2, -0.15) is 5.26 Å². The van der Waals surface area contributed by atoms with E-state index >= 15 is 0 Å². The number of nitriles is 1. The molecule has 2 saturated heterocycles. The summed E-state index contributed by atoms with van der Waals surface area (Å²) in [5.41, 5.74) is -0.469. The first-order valence-electron chi connectivity index (χ1n) is 6.71. The average molecular weight is 250 g/mol. The molecule has 2 heterocycles. The van der Waals surface area contributed by atoms with Crippen molar-refractivity contribution in [3.8, 4) is 6.07 Å². The van der Waals surface area contributed by atoms with Crippen LogP contribution in [0.25, 0.3) is 0 Å². The Morgan fingerprint density at radius 3 is 3.11 bits per heavy atom. The van der Waals surface area contributed by atoms with Crippen LogP contribution in [-0.4, -0.2) is 49.1 Å². The molecule has 2 fully saturated rings. The molecule has 3 unspecified atom stereocenters. The lowest BCUT2D eigenvalue weighted by Crippen LogP contribution is -2.49. The van der Waals surface area contributed by atoms with Gasteiger partial charge in [-0.05, 0) is 39.8 Å². The Hall–Kier alpha value is -1.12. The Bertz CT molecular complexity index is 364. The Morgan fingerprint density at radius 1 is 1.67 bits per heavy atom. The van der Waals surface area contributed by atoms with Crippen LogP contribution in [-0.2, 0) is 4.79 Å². The van der Waals surface area contributed by atoms with Gasteiger partial charge in [0.15, 0.2) is 0 Å². The Balaban J connectivity index is 1.94. The zero-order valence-corrected chi connectivity index (χ0v) is 11.2. The summed E-state index contributed by atoms with van der Waals surface area (Å²) in [6.07, 6.45) is 2.88. The smallest absolute Gasteiger partial charge is 0.224 e. The highest BCUT2D eigenvalue weighted by atomic mass is 16.2. The van der Waals surface area contributed by atoms with Gasteiger partial charge in [0.25, 0.3) is 0 Å². The van der Waals surface area contributed by atoms with Crippen LogP contribution in [0.5, 0.6) is 0 Å². The summed E-state index contributed by atoms with van der Waals surface area (Å²) in [6.45, 7) is 4.61. The molecule has 0 saturated carbocycles. The van der Waals surface area contributed by atoms with Crippen LogP contribution >= 0.6 is 0 Å². The largest absolute Gasteiger partial charge is 0.354 e. The molecule has 0 aromatic carbocycles. The van der Waals surface area contributed by atoms with Crippen molar-refractivity contribution in [3.05, 3.63) is 0 Å². The van der Waals surface area contributed by atoms with Gasteiger partial charge in [-0.1, -0.05) is 0 Å². The second-order valence-corrected chi connectivity index (χ2v) is 5.54. The molecule has 0 spiro atoms. The lowest BCUT2D eigenvalue weighted by Gasteiger charge is -2.37. The fraction of sp³-hybridized carbons (Fsp3) is 0.846. The van der Waals surface area contributed by atoms with Gasteiger partial charge in [0.05, 0.1) is 12.0 Å². The van der Waals surface area contributed by atoms with Crippen molar-refractivity contribution in [2.45, 2.75) is 37.8 Å². The summed E-state index contributed by atoms with van der Waals surface area (Å²) in [6, 6.07) is 2.65. The third-order valence-electron chi connectivity index (χ3n) is 4.41. The lowest BCUT2D eigenvalue weighted by atomic mass is 9.90. The van der Waals surface area contributed by atoms with Crippen LogP contribution < -0.4 is 10.6 Å². The molecule has 0 aromatic heterocycles. The molecule has 0 aromatic rings. The summed E-state index contributed by atoms with van der Waals surface area (Å²) < 4.78 is 0. The van der Waals surface area contributed by atoms with Crippen molar-refractivity contribution < 1.29 is 4.79 Å². The molecule has 1 amide bonds. The van der Waals surface area contributed by atoms with Crippen molar-refractivity contribution in [1.29, 1.82) is 5.26 Å². The quantitative estimate of drug-likeness (QED) is 0.742. The molecule has 18 heavy (non-hydrogen) atoms. The van der Waals surface area contributed by atoms with Crippen molar-refractivity contribution in [3.63, 3.8) is 0 Å². The summed E-state index contributed by atoms with van der Waals surface area (Å²) in [4.78, 5) is 14.0.